The van der Waals surface area contributed by atoms with Gasteiger partial charge in [0, 0.05) is 12.6 Å². The molecule has 1 amide bonds. The van der Waals surface area contributed by atoms with Crippen molar-refractivity contribution < 1.29 is 17.9 Å². The first kappa shape index (κ1) is 14.8. The van der Waals surface area contributed by atoms with Crippen molar-refractivity contribution in [2.75, 3.05) is 13.7 Å². The van der Waals surface area contributed by atoms with Crippen LogP contribution in [0, 0.1) is 0 Å². The molecular weight excluding hydrogens is 280 g/mol. The van der Waals surface area contributed by atoms with Gasteiger partial charge in [0.05, 0.1) is 17.6 Å². The van der Waals surface area contributed by atoms with E-state index in [1.807, 2.05) is 0 Å². The minimum atomic E-state index is -3.58. The van der Waals surface area contributed by atoms with Gasteiger partial charge in [-0.25, -0.2) is 13.1 Å². The monoisotopic (exact) mass is 298 g/mol. The van der Waals surface area contributed by atoms with Gasteiger partial charge in [0.25, 0.3) is 5.91 Å². The van der Waals surface area contributed by atoms with Crippen LogP contribution in [0.25, 0.3) is 0 Å². The van der Waals surface area contributed by atoms with Crippen molar-refractivity contribution in [1.29, 1.82) is 0 Å². The van der Waals surface area contributed by atoms with Gasteiger partial charge in [-0.05, 0) is 38.0 Å². The van der Waals surface area contributed by atoms with Crippen LogP contribution in [-0.4, -0.2) is 34.0 Å². The van der Waals surface area contributed by atoms with E-state index in [2.05, 4.69) is 10.0 Å². The number of amides is 1. The summed E-state index contributed by atoms with van der Waals surface area (Å²) in [6.45, 7) is 2.25. The van der Waals surface area contributed by atoms with Gasteiger partial charge < -0.3 is 10.1 Å². The molecule has 0 saturated heterocycles. The molecule has 7 heteroatoms. The van der Waals surface area contributed by atoms with Gasteiger partial charge in [0.1, 0.15) is 5.75 Å². The Hall–Kier alpha value is -1.60. The van der Waals surface area contributed by atoms with E-state index in [0.29, 0.717) is 12.3 Å². The number of carbonyl (C=O) groups is 1. The number of carbonyl (C=O) groups excluding carboxylic acids is 1. The van der Waals surface area contributed by atoms with Gasteiger partial charge in [-0.2, -0.15) is 0 Å². The van der Waals surface area contributed by atoms with E-state index in [-0.39, 0.29) is 22.4 Å². The lowest BCUT2D eigenvalue weighted by atomic mass is 10.2. The minimum Gasteiger partial charge on any atom is -0.496 e. The predicted octanol–water partition coefficient (Wildman–Crippen LogP) is 0.886. The Labute approximate surface area is 118 Å². The van der Waals surface area contributed by atoms with Gasteiger partial charge >= 0.3 is 0 Å². The number of rotatable bonds is 6. The second kappa shape index (κ2) is 5.80. The first-order valence-electron chi connectivity index (χ1n) is 6.46. The van der Waals surface area contributed by atoms with Crippen molar-refractivity contribution in [3.63, 3.8) is 0 Å². The summed E-state index contributed by atoms with van der Waals surface area (Å²) in [4.78, 5) is 12.0. The largest absolute Gasteiger partial charge is 0.496 e. The maximum absolute atomic E-state index is 12.1. The van der Waals surface area contributed by atoms with Crippen LogP contribution in [0.2, 0.25) is 0 Å². The van der Waals surface area contributed by atoms with Crippen LogP contribution in [-0.2, 0) is 10.0 Å². The molecule has 110 valence electrons. The molecule has 1 aromatic rings. The number of ether oxygens (including phenoxy) is 1. The fraction of sp³-hybridized carbons (Fsp3) is 0.462. The summed E-state index contributed by atoms with van der Waals surface area (Å²) in [6, 6.07) is 4.29. The zero-order valence-corrected chi connectivity index (χ0v) is 12.3. The minimum absolute atomic E-state index is 0.0232. The molecule has 2 rings (SSSR count). The highest BCUT2D eigenvalue weighted by molar-refractivity contribution is 7.89. The average Bonchev–Trinajstić information content (AvgIpc) is 3.21. The molecule has 0 unspecified atom stereocenters. The lowest BCUT2D eigenvalue weighted by Gasteiger charge is -2.11. The fourth-order valence-corrected chi connectivity index (χ4v) is 3.11. The highest BCUT2D eigenvalue weighted by Gasteiger charge is 2.28. The molecule has 6 nitrogen and oxygen atoms in total. The van der Waals surface area contributed by atoms with Gasteiger partial charge in [-0.1, -0.05) is 0 Å². The summed E-state index contributed by atoms with van der Waals surface area (Å²) in [6.07, 6.45) is 1.72. The van der Waals surface area contributed by atoms with Gasteiger partial charge in [0.2, 0.25) is 10.0 Å². The SMILES string of the molecule is CCNC(=O)c1cc(S(=O)(=O)NC2CC2)ccc1OC. The Morgan fingerprint density at radius 3 is 2.65 bits per heavy atom. The molecule has 1 saturated carbocycles. The molecule has 0 atom stereocenters. The molecule has 0 radical (unpaired) electrons. The van der Waals surface area contributed by atoms with Crippen molar-refractivity contribution in [2.45, 2.75) is 30.7 Å². The lowest BCUT2D eigenvalue weighted by molar-refractivity contribution is 0.0952. The van der Waals surface area contributed by atoms with Gasteiger partial charge in [-0.3, -0.25) is 4.79 Å². The van der Waals surface area contributed by atoms with Gasteiger partial charge in [-0.15, -0.1) is 0 Å². The molecule has 2 N–H and O–H groups in total. The lowest BCUT2D eigenvalue weighted by Crippen LogP contribution is -2.27. The van der Waals surface area contributed by atoms with Crippen molar-refractivity contribution in [2.24, 2.45) is 0 Å². The smallest absolute Gasteiger partial charge is 0.255 e. The molecular formula is C13H18N2O4S. The van der Waals surface area contributed by atoms with E-state index in [1.54, 1.807) is 6.92 Å². The van der Waals surface area contributed by atoms with Crippen LogP contribution >= 0.6 is 0 Å². The highest BCUT2D eigenvalue weighted by Crippen LogP contribution is 2.25. The summed E-state index contributed by atoms with van der Waals surface area (Å²) in [5, 5.41) is 2.63. The van der Waals surface area contributed by atoms with Crippen molar-refractivity contribution >= 4 is 15.9 Å². The molecule has 0 heterocycles. The van der Waals surface area contributed by atoms with Crippen LogP contribution in [0.4, 0.5) is 0 Å². The van der Waals surface area contributed by atoms with Crippen LogP contribution in [0.15, 0.2) is 23.1 Å². The van der Waals surface area contributed by atoms with Crippen LogP contribution < -0.4 is 14.8 Å². The zero-order valence-electron chi connectivity index (χ0n) is 11.5. The number of hydrogen-bond acceptors (Lipinski definition) is 4. The third-order valence-corrected chi connectivity index (χ3v) is 4.48. The Balaban J connectivity index is 2.35. The van der Waals surface area contributed by atoms with Crippen molar-refractivity contribution in [1.82, 2.24) is 10.0 Å². The summed E-state index contributed by atoms with van der Waals surface area (Å²) in [5.41, 5.74) is 0.216. The number of methoxy groups -OCH3 is 1. The Morgan fingerprint density at radius 1 is 1.40 bits per heavy atom. The van der Waals surface area contributed by atoms with Crippen LogP contribution in [0.1, 0.15) is 30.1 Å². The van der Waals surface area contributed by atoms with E-state index in [1.165, 1.54) is 25.3 Å². The average molecular weight is 298 g/mol. The summed E-state index contributed by atoms with van der Waals surface area (Å²) in [7, 11) is -2.14. The molecule has 0 spiro atoms. The van der Waals surface area contributed by atoms with Crippen LogP contribution in [0.5, 0.6) is 5.75 Å². The van der Waals surface area contributed by atoms with E-state index < -0.39 is 10.0 Å². The molecule has 0 aliphatic heterocycles. The fourth-order valence-electron chi connectivity index (χ4n) is 1.78. The molecule has 1 aliphatic rings. The third kappa shape index (κ3) is 3.29. The quantitative estimate of drug-likeness (QED) is 0.816. The summed E-state index contributed by atoms with van der Waals surface area (Å²) >= 11 is 0. The standard InChI is InChI=1S/C13H18N2O4S/c1-3-14-13(16)11-8-10(6-7-12(11)19-2)20(17,18)15-9-4-5-9/h6-9,15H,3-5H2,1-2H3,(H,14,16). The molecule has 0 aromatic heterocycles. The maximum Gasteiger partial charge on any atom is 0.255 e. The number of sulfonamides is 1. The summed E-state index contributed by atoms with van der Waals surface area (Å²) in [5.74, 6) is -0.00542. The second-order valence-corrected chi connectivity index (χ2v) is 6.33. The zero-order chi connectivity index (χ0) is 14.8. The van der Waals surface area contributed by atoms with E-state index in [0.717, 1.165) is 12.8 Å². The molecule has 1 aliphatic carbocycles. The van der Waals surface area contributed by atoms with Crippen LogP contribution in [0.3, 0.4) is 0 Å². The Morgan fingerprint density at radius 2 is 2.10 bits per heavy atom. The molecule has 20 heavy (non-hydrogen) atoms. The maximum atomic E-state index is 12.1. The molecule has 0 bridgehead atoms. The van der Waals surface area contributed by atoms with E-state index in [9.17, 15) is 13.2 Å². The molecule has 1 aromatic carbocycles. The first-order valence-corrected chi connectivity index (χ1v) is 7.95. The first-order chi connectivity index (χ1) is 9.47. The topological polar surface area (TPSA) is 84.5 Å². The number of nitrogens with one attached hydrogen (secondary N) is 2. The Kier molecular flexibility index (Phi) is 4.29. The number of benzene rings is 1. The van der Waals surface area contributed by atoms with Crippen molar-refractivity contribution in [3.8, 4) is 5.75 Å². The van der Waals surface area contributed by atoms with Crippen molar-refractivity contribution in [3.05, 3.63) is 23.8 Å². The Bertz CT molecular complexity index is 609. The normalized spacial score (nSPS) is 14.9. The number of hydrogen-bond donors (Lipinski definition) is 2. The third-order valence-electron chi connectivity index (χ3n) is 2.96. The van der Waals surface area contributed by atoms with E-state index >= 15 is 0 Å². The second-order valence-electron chi connectivity index (χ2n) is 4.62. The van der Waals surface area contributed by atoms with Gasteiger partial charge in [0.15, 0.2) is 0 Å². The predicted molar refractivity (Wildman–Crippen MR) is 74.3 cm³/mol. The summed E-state index contributed by atoms with van der Waals surface area (Å²) < 4.78 is 31.9. The highest BCUT2D eigenvalue weighted by atomic mass is 32.2. The van der Waals surface area contributed by atoms with E-state index in [4.69, 9.17) is 4.74 Å². The molecule has 1 fully saturated rings.